The van der Waals surface area contributed by atoms with Crippen molar-refractivity contribution in [3.8, 4) is 10.6 Å². The van der Waals surface area contributed by atoms with Crippen LogP contribution in [0.15, 0.2) is 24.3 Å². The SMILES string of the molecule is Cc1ccc(-c2nc(C(C)C)c(CCN)s2)cc1. The molecule has 0 aliphatic heterocycles. The summed E-state index contributed by atoms with van der Waals surface area (Å²) in [4.78, 5) is 6.13. The van der Waals surface area contributed by atoms with Crippen molar-refractivity contribution in [3.63, 3.8) is 0 Å². The smallest absolute Gasteiger partial charge is 0.123 e. The summed E-state index contributed by atoms with van der Waals surface area (Å²) >= 11 is 1.78. The maximum Gasteiger partial charge on any atom is 0.123 e. The van der Waals surface area contributed by atoms with Gasteiger partial charge in [0.2, 0.25) is 0 Å². The van der Waals surface area contributed by atoms with E-state index in [1.54, 1.807) is 11.3 Å². The summed E-state index contributed by atoms with van der Waals surface area (Å²) in [5.74, 6) is 0.460. The first kappa shape index (κ1) is 13.2. The molecule has 0 fully saturated rings. The highest BCUT2D eigenvalue weighted by atomic mass is 32.1. The third-order valence-electron chi connectivity index (χ3n) is 2.94. The standard InChI is InChI=1S/C15H20N2S/c1-10(2)14-13(8-9-16)18-15(17-14)12-6-4-11(3)5-7-12/h4-7,10H,8-9,16H2,1-3H3. The van der Waals surface area contributed by atoms with E-state index in [0.29, 0.717) is 12.5 Å². The van der Waals surface area contributed by atoms with Crippen LogP contribution in [0.5, 0.6) is 0 Å². The lowest BCUT2D eigenvalue weighted by Gasteiger charge is -2.02. The zero-order valence-corrected chi connectivity index (χ0v) is 12.1. The molecular weight excluding hydrogens is 240 g/mol. The fraction of sp³-hybridized carbons (Fsp3) is 0.400. The fourth-order valence-corrected chi connectivity index (χ4v) is 3.18. The van der Waals surface area contributed by atoms with Crippen molar-refractivity contribution in [1.82, 2.24) is 4.98 Å². The summed E-state index contributed by atoms with van der Waals surface area (Å²) in [7, 11) is 0. The Balaban J connectivity index is 2.39. The van der Waals surface area contributed by atoms with E-state index < -0.39 is 0 Å². The summed E-state index contributed by atoms with van der Waals surface area (Å²) in [6.45, 7) is 7.17. The van der Waals surface area contributed by atoms with Crippen LogP contribution in [-0.2, 0) is 6.42 Å². The van der Waals surface area contributed by atoms with Gasteiger partial charge in [0, 0.05) is 10.4 Å². The minimum atomic E-state index is 0.460. The highest BCUT2D eigenvalue weighted by molar-refractivity contribution is 7.15. The molecule has 0 radical (unpaired) electrons. The molecule has 0 atom stereocenters. The van der Waals surface area contributed by atoms with Gasteiger partial charge in [0.1, 0.15) is 5.01 Å². The van der Waals surface area contributed by atoms with E-state index >= 15 is 0 Å². The molecule has 2 nitrogen and oxygen atoms in total. The minimum Gasteiger partial charge on any atom is -0.330 e. The average molecular weight is 260 g/mol. The number of aromatic nitrogens is 1. The predicted molar refractivity (Wildman–Crippen MR) is 79.1 cm³/mol. The number of hydrogen-bond acceptors (Lipinski definition) is 3. The molecule has 3 heteroatoms. The molecular formula is C15H20N2S. The van der Waals surface area contributed by atoms with Gasteiger partial charge < -0.3 is 5.73 Å². The third-order valence-corrected chi connectivity index (χ3v) is 4.12. The average Bonchev–Trinajstić information content (AvgIpc) is 2.75. The van der Waals surface area contributed by atoms with Crippen LogP contribution in [0, 0.1) is 6.92 Å². The highest BCUT2D eigenvalue weighted by Crippen LogP contribution is 2.32. The monoisotopic (exact) mass is 260 g/mol. The van der Waals surface area contributed by atoms with E-state index in [4.69, 9.17) is 10.7 Å². The van der Waals surface area contributed by atoms with Gasteiger partial charge in [-0.1, -0.05) is 43.7 Å². The molecule has 18 heavy (non-hydrogen) atoms. The van der Waals surface area contributed by atoms with Crippen LogP contribution in [0.2, 0.25) is 0 Å². The third kappa shape index (κ3) is 2.79. The van der Waals surface area contributed by atoms with E-state index in [0.717, 1.165) is 11.4 Å². The summed E-state index contributed by atoms with van der Waals surface area (Å²) in [5.41, 5.74) is 9.37. The topological polar surface area (TPSA) is 38.9 Å². The molecule has 2 aromatic rings. The minimum absolute atomic E-state index is 0.460. The number of benzene rings is 1. The highest BCUT2D eigenvalue weighted by Gasteiger charge is 2.14. The maximum absolute atomic E-state index is 5.68. The number of nitrogens with two attached hydrogens (primary N) is 1. The van der Waals surface area contributed by atoms with Gasteiger partial charge in [0.25, 0.3) is 0 Å². The molecule has 0 saturated carbocycles. The van der Waals surface area contributed by atoms with Gasteiger partial charge in [-0.2, -0.15) is 0 Å². The van der Waals surface area contributed by atoms with Crippen molar-refractivity contribution in [1.29, 1.82) is 0 Å². The quantitative estimate of drug-likeness (QED) is 0.909. The Morgan fingerprint density at radius 2 is 1.89 bits per heavy atom. The molecule has 0 aliphatic rings. The van der Waals surface area contributed by atoms with Crippen molar-refractivity contribution in [2.45, 2.75) is 33.1 Å². The van der Waals surface area contributed by atoms with Crippen LogP contribution in [0.3, 0.4) is 0 Å². The van der Waals surface area contributed by atoms with E-state index in [-0.39, 0.29) is 0 Å². The Bertz CT molecular complexity index is 512. The lowest BCUT2D eigenvalue weighted by atomic mass is 10.1. The molecule has 1 aromatic heterocycles. The largest absolute Gasteiger partial charge is 0.330 e. The van der Waals surface area contributed by atoms with Crippen molar-refractivity contribution >= 4 is 11.3 Å². The lowest BCUT2D eigenvalue weighted by Crippen LogP contribution is -2.04. The van der Waals surface area contributed by atoms with Gasteiger partial charge in [-0.3, -0.25) is 0 Å². The summed E-state index contributed by atoms with van der Waals surface area (Å²) < 4.78 is 0. The molecule has 0 amide bonds. The Kier molecular flexibility index (Phi) is 4.15. The first-order valence-corrected chi connectivity index (χ1v) is 7.20. The first-order valence-electron chi connectivity index (χ1n) is 6.38. The maximum atomic E-state index is 5.68. The summed E-state index contributed by atoms with van der Waals surface area (Å²) in [6.07, 6.45) is 0.928. The number of hydrogen-bond donors (Lipinski definition) is 1. The second-order valence-corrected chi connectivity index (χ2v) is 5.97. The summed E-state index contributed by atoms with van der Waals surface area (Å²) in [6, 6.07) is 8.55. The molecule has 1 heterocycles. The molecule has 1 aromatic carbocycles. The zero-order chi connectivity index (χ0) is 13.1. The van der Waals surface area contributed by atoms with Crippen LogP contribution in [0.25, 0.3) is 10.6 Å². The number of thiazole rings is 1. The number of aryl methyl sites for hydroxylation is 1. The van der Waals surface area contributed by atoms with Gasteiger partial charge in [-0.05, 0) is 25.8 Å². The molecule has 2 rings (SSSR count). The Morgan fingerprint density at radius 1 is 1.22 bits per heavy atom. The van der Waals surface area contributed by atoms with Gasteiger partial charge >= 0.3 is 0 Å². The molecule has 0 saturated heterocycles. The van der Waals surface area contributed by atoms with E-state index in [9.17, 15) is 0 Å². The number of rotatable bonds is 4. The first-order chi connectivity index (χ1) is 8.61. The predicted octanol–water partition coefficient (Wildman–Crippen LogP) is 3.74. The van der Waals surface area contributed by atoms with Gasteiger partial charge in [0.15, 0.2) is 0 Å². The van der Waals surface area contributed by atoms with Crippen LogP contribution < -0.4 is 5.73 Å². The van der Waals surface area contributed by atoms with E-state index in [1.807, 2.05) is 0 Å². The Morgan fingerprint density at radius 3 is 2.44 bits per heavy atom. The Labute approximate surface area is 113 Å². The van der Waals surface area contributed by atoms with Crippen LogP contribution in [0.1, 0.15) is 35.9 Å². The van der Waals surface area contributed by atoms with E-state index in [2.05, 4.69) is 45.0 Å². The molecule has 0 aliphatic carbocycles. The fourth-order valence-electron chi connectivity index (χ4n) is 1.94. The molecule has 0 bridgehead atoms. The zero-order valence-electron chi connectivity index (χ0n) is 11.2. The Hall–Kier alpha value is -1.19. The molecule has 2 N–H and O–H groups in total. The second kappa shape index (κ2) is 5.63. The van der Waals surface area contributed by atoms with Crippen LogP contribution in [0.4, 0.5) is 0 Å². The van der Waals surface area contributed by atoms with Gasteiger partial charge in [0.05, 0.1) is 5.69 Å². The summed E-state index contributed by atoms with van der Waals surface area (Å²) in [5, 5.41) is 1.11. The normalized spacial score (nSPS) is 11.2. The molecule has 0 spiro atoms. The van der Waals surface area contributed by atoms with Crippen molar-refractivity contribution in [3.05, 3.63) is 40.4 Å². The van der Waals surface area contributed by atoms with Crippen molar-refractivity contribution in [2.24, 2.45) is 5.73 Å². The van der Waals surface area contributed by atoms with Crippen molar-refractivity contribution in [2.75, 3.05) is 6.54 Å². The van der Waals surface area contributed by atoms with Crippen molar-refractivity contribution < 1.29 is 0 Å². The second-order valence-electron chi connectivity index (χ2n) is 4.89. The van der Waals surface area contributed by atoms with Gasteiger partial charge in [-0.25, -0.2) is 4.98 Å². The molecule has 0 unspecified atom stereocenters. The van der Waals surface area contributed by atoms with E-state index in [1.165, 1.54) is 21.7 Å². The molecule has 96 valence electrons. The van der Waals surface area contributed by atoms with Crippen LogP contribution in [-0.4, -0.2) is 11.5 Å². The lowest BCUT2D eigenvalue weighted by molar-refractivity contribution is 0.809. The van der Waals surface area contributed by atoms with Gasteiger partial charge in [-0.15, -0.1) is 11.3 Å². The van der Waals surface area contributed by atoms with Crippen LogP contribution >= 0.6 is 11.3 Å². The number of nitrogens with zero attached hydrogens (tertiary/aromatic N) is 1.